The summed E-state index contributed by atoms with van der Waals surface area (Å²) in [6.07, 6.45) is 7.72. The topological polar surface area (TPSA) is 62.5 Å². The fourth-order valence-corrected chi connectivity index (χ4v) is 4.54. The van der Waals surface area contributed by atoms with Crippen molar-refractivity contribution in [1.29, 1.82) is 0 Å². The van der Waals surface area contributed by atoms with E-state index < -0.39 is 0 Å². The number of rotatable bonds is 9. The van der Waals surface area contributed by atoms with Crippen LogP contribution < -0.4 is 4.90 Å². The van der Waals surface area contributed by atoms with Gasteiger partial charge in [-0.15, -0.1) is 0 Å². The summed E-state index contributed by atoms with van der Waals surface area (Å²) < 4.78 is 5.53. The molecule has 0 N–H and O–H groups in total. The number of benzene rings is 2. The van der Waals surface area contributed by atoms with Crippen LogP contribution >= 0.6 is 0 Å². The predicted octanol–water partition coefficient (Wildman–Crippen LogP) is 5.14. The lowest BCUT2D eigenvalue weighted by Gasteiger charge is -2.34. The summed E-state index contributed by atoms with van der Waals surface area (Å²) in [5.41, 5.74) is 3.26. The van der Waals surface area contributed by atoms with Crippen molar-refractivity contribution >= 4 is 11.6 Å². The second-order valence-corrected chi connectivity index (χ2v) is 9.07. The lowest BCUT2D eigenvalue weighted by molar-refractivity contribution is -0.134. The smallest absolute Gasteiger partial charge is 0.228 e. The second kappa shape index (κ2) is 11.1. The van der Waals surface area contributed by atoms with Gasteiger partial charge in [0.25, 0.3) is 0 Å². The number of carbonyl (C=O) groups excluding carboxylic acids is 1. The molecule has 1 aromatic heterocycles. The van der Waals surface area contributed by atoms with Crippen LogP contribution in [0, 0.1) is 0 Å². The van der Waals surface area contributed by atoms with E-state index in [-0.39, 0.29) is 5.91 Å². The van der Waals surface area contributed by atoms with Gasteiger partial charge in [-0.05, 0) is 49.1 Å². The molecule has 1 saturated carbocycles. The second-order valence-electron chi connectivity index (χ2n) is 9.07. The molecular weight excluding hydrogens is 412 g/mol. The Bertz CT molecular complexity index is 1010. The summed E-state index contributed by atoms with van der Waals surface area (Å²) in [5, 5.41) is 4.17. The van der Waals surface area contributed by atoms with Crippen molar-refractivity contribution in [3.63, 3.8) is 0 Å². The van der Waals surface area contributed by atoms with E-state index in [1.165, 1.54) is 24.8 Å². The molecule has 1 aliphatic rings. The molecule has 1 heterocycles. The van der Waals surface area contributed by atoms with Crippen molar-refractivity contribution < 1.29 is 9.32 Å². The summed E-state index contributed by atoms with van der Waals surface area (Å²) in [6.45, 7) is 0.624. The van der Waals surface area contributed by atoms with Gasteiger partial charge in [-0.1, -0.05) is 54.8 Å². The number of hydrogen-bond donors (Lipinski definition) is 0. The van der Waals surface area contributed by atoms with Crippen LogP contribution in [0.15, 0.2) is 59.1 Å². The Morgan fingerprint density at radius 1 is 0.970 bits per heavy atom. The van der Waals surface area contributed by atoms with E-state index in [4.69, 9.17) is 4.52 Å². The van der Waals surface area contributed by atoms with Gasteiger partial charge in [-0.25, -0.2) is 0 Å². The predicted molar refractivity (Wildman–Crippen MR) is 131 cm³/mol. The minimum Gasteiger partial charge on any atom is -0.378 e. The molecular formula is C27H34N4O2. The summed E-state index contributed by atoms with van der Waals surface area (Å²) in [5.74, 6) is 1.40. The normalized spacial score (nSPS) is 14.2. The maximum Gasteiger partial charge on any atom is 0.228 e. The first-order valence-electron chi connectivity index (χ1n) is 12.0. The number of anilines is 1. The zero-order valence-corrected chi connectivity index (χ0v) is 19.7. The van der Waals surface area contributed by atoms with Gasteiger partial charge in [0.2, 0.25) is 17.6 Å². The van der Waals surface area contributed by atoms with Crippen molar-refractivity contribution in [2.24, 2.45) is 0 Å². The van der Waals surface area contributed by atoms with E-state index in [0.717, 1.165) is 30.5 Å². The Morgan fingerprint density at radius 3 is 2.39 bits per heavy atom. The first kappa shape index (κ1) is 23.0. The highest BCUT2D eigenvalue weighted by molar-refractivity contribution is 5.76. The molecule has 1 amide bonds. The molecule has 0 radical (unpaired) electrons. The van der Waals surface area contributed by atoms with Gasteiger partial charge < -0.3 is 14.3 Å². The van der Waals surface area contributed by atoms with Crippen LogP contribution in [-0.2, 0) is 17.6 Å². The number of amides is 1. The molecule has 1 aliphatic carbocycles. The van der Waals surface area contributed by atoms with Crippen molar-refractivity contribution in [2.75, 3.05) is 25.5 Å². The fourth-order valence-electron chi connectivity index (χ4n) is 4.54. The number of aryl methyl sites for hydroxylation is 1. The van der Waals surface area contributed by atoms with Gasteiger partial charge in [0.15, 0.2) is 0 Å². The Labute approximate surface area is 196 Å². The van der Waals surface area contributed by atoms with Gasteiger partial charge in [0, 0.05) is 50.8 Å². The van der Waals surface area contributed by atoms with Crippen molar-refractivity contribution in [3.8, 4) is 11.4 Å². The third-order valence-corrected chi connectivity index (χ3v) is 6.48. The molecule has 6 nitrogen and oxygen atoms in total. The molecule has 6 heteroatoms. The zero-order valence-electron chi connectivity index (χ0n) is 19.7. The summed E-state index contributed by atoms with van der Waals surface area (Å²) in [6, 6.07) is 18.7. The van der Waals surface area contributed by atoms with Crippen LogP contribution in [-0.4, -0.2) is 47.6 Å². The molecule has 174 valence electrons. The number of hydrogen-bond acceptors (Lipinski definition) is 5. The molecule has 2 aromatic carbocycles. The molecule has 0 bridgehead atoms. The van der Waals surface area contributed by atoms with Gasteiger partial charge in [-0.3, -0.25) is 4.79 Å². The highest BCUT2D eigenvalue weighted by atomic mass is 16.5. The van der Waals surface area contributed by atoms with Crippen LogP contribution in [0.25, 0.3) is 11.4 Å². The lowest BCUT2D eigenvalue weighted by Crippen LogP contribution is -2.42. The Kier molecular flexibility index (Phi) is 7.76. The van der Waals surface area contributed by atoms with E-state index in [0.29, 0.717) is 37.1 Å². The van der Waals surface area contributed by atoms with Crippen LogP contribution in [0.3, 0.4) is 0 Å². The monoisotopic (exact) mass is 446 g/mol. The molecule has 0 spiro atoms. The van der Waals surface area contributed by atoms with E-state index in [9.17, 15) is 4.79 Å². The number of carbonyl (C=O) groups is 1. The lowest BCUT2D eigenvalue weighted by atomic mass is 9.93. The van der Waals surface area contributed by atoms with Gasteiger partial charge in [0.1, 0.15) is 0 Å². The first-order valence-corrected chi connectivity index (χ1v) is 12.0. The minimum atomic E-state index is 0.227. The van der Waals surface area contributed by atoms with Crippen LogP contribution in [0.5, 0.6) is 0 Å². The van der Waals surface area contributed by atoms with Gasteiger partial charge >= 0.3 is 0 Å². The molecule has 1 fully saturated rings. The van der Waals surface area contributed by atoms with E-state index in [1.807, 2.05) is 56.6 Å². The maximum atomic E-state index is 13.2. The van der Waals surface area contributed by atoms with Gasteiger partial charge in [-0.2, -0.15) is 4.98 Å². The highest BCUT2D eigenvalue weighted by Crippen LogP contribution is 2.24. The third kappa shape index (κ3) is 6.21. The summed E-state index contributed by atoms with van der Waals surface area (Å²) >= 11 is 0. The summed E-state index contributed by atoms with van der Waals surface area (Å²) in [4.78, 5) is 21.9. The molecule has 33 heavy (non-hydrogen) atoms. The highest BCUT2D eigenvalue weighted by Gasteiger charge is 2.25. The Hall–Kier alpha value is -3.15. The standard InChI is InChI=1S/C27H34N4O2/c1-30(2)23-16-14-22(15-17-23)27-28-25(33-29-27)19-20-31(24-11-7-4-8-12-24)26(32)18-13-21-9-5-3-6-10-21/h3,5-6,9-10,14-17,24H,4,7-8,11-13,18-20H2,1-2H3. The van der Waals surface area contributed by atoms with Crippen molar-refractivity contribution in [1.82, 2.24) is 15.0 Å². The van der Waals surface area contributed by atoms with Crippen molar-refractivity contribution in [3.05, 3.63) is 66.1 Å². The molecule has 0 atom stereocenters. The van der Waals surface area contributed by atoms with Crippen LogP contribution in [0.2, 0.25) is 0 Å². The van der Waals surface area contributed by atoms with E-state index in [2.05, 4.69) is 32.1 Å². The van der Waals surface area contributed by atoms with Crippen LogP contribution in [0.4, 0.5) is 5.69 Å². The molecule has 0 saturated heterocycles. The maximum absolute atomic E-state index is 13.2. The third-order valence-electron chi connectivity index (χ3n) is 6.48. The molecule has 3 aromatic rings. The summed E-state index contributed by atoms with van der Waals surface area (Å²) in [7, 11) is 4.03. The molecule has 4 rings (SSSR count). The first-order chi connectivity index (χ1) is 16.1. The average molecular weight is 447 g/mol. The quantitative estimate of drug-likeness (QED) is 0.455. The van der Waals surface area contributed by atoms with E-state index >= 15 is 0 Å². The zero-order chi connectivity index (χ0) is 23.0. The van der Waals surface area contributed by atoms with Crippen molar-refractivity contribution in [2.45, 2.75) is 57.4 Å². The number of nitrogens with zero attached hydrogens (tertiary/aromatic N) is 4. The largest absolute Gasteiger partial charge is 0.378 e. The van der Waals surface area contributed by atoms with E-state index in [1.54, 1.807) is 0 Å². The molecule has 0 unspecified atom stereocenters. The van der Waals surface area contributed by atoms with Gasteiger partial charge in [0.05, 0.1) is 0 Å². The number of aromatic nitrogens is 2. The Morgan fingerprint density at radius 2 is 1.70 bits per heavy atom. The molecule has 0 aliphatic heterocycles. The SMILES string of the molecule is CN(C)c1ccc(-c2noc(CCN(C(=O)CCc3ccccc3)C3CCCCC3)n2)cc1. The fraction of sp³-hybridized carbons (Fsp3) is 0.444. The average Bonchev–Trinajstić information content (AvgIpc) is 3.33. The Balaban J connectivity index is 1.39. The van der Waals surface area contributed by atoms with Crippen LogP contribution in [0.1, 0.15) is 50.0 Å². The minimum absolute atomic E-state index is 0.227.